The molecule has 6 nitrogen and oxygen atoms in total. The zero-order valence-corrected chi connectivity index (χ0v) is 20.9. The van der Waals surface area contributed by atoms with Crippen LogP contribution in [0, 0.1) is 25.7 Å². The van der Waals surface area contributed by atoms with Gasteiger partial charge in [0.2, 0.25) is 5.91 Å². The highest BCUT2D eigenvalue weighted by Gasteiger charge is 2.35. The van der Waals surface area contributed by atoms with E-state index in [4.69, 9.17) is 0 Å². The first-order valence-corrected chi connectivity index (χ1v) is 12.2. The van der Waals surface area contributed by atoms with Crippen LogP contribution in [0.15, 0.2) is 48.5 Å². The highest BCUT2D eigenvalue weighted by Crippen LogP contribution is 2.24. The summed E-state index contributed by atoms with van der Waals surface area (Å²) < 4.78 is 0. The molecular weight excluding hydrogens is 426 g/mol. The molecule has 0 aliphatic carbocycles. The van der Waals surface area contributed by atoms with Crippen molar-refractivity contribution in [3.8, 4) is 0 Å². The molecule has 2 N–H and O–H groups in total. The van der Waals surface area contributed by atoms with Gasteiger partial charge in [0.15, 0.2) is 0 Å². The van der Waals surface area contributed by atoms with Crippen LogP contribution in [0.4, 0.5) is 0 Å². The summed E-state index contributed by atoms with van der Waals surface area (Å²) >= 11 is 0. The number of rotatable bonds is 7. The fourth-order valence-electron chi connectivity index (χ4n) is 4.34. The fraction of sp³-hybridized carbons (Fsp3) is 0.464. The van der Waals surface area contributed by atoms with Crippen molar-refractivity contribution in [3.63, 3.8) is 0 Å². The third-order valence-electron chi connectivity index (χ3n) is 7.00. The first kappa shape index (κ1) is 25.5. The number of hydrogen-bond acceptors (Lipinski definition) is 3. The molecule has 2 aromatic carbocycles. The van der Waals surface area contributed by atoms with E-state index in [9.17, 15) is 14.4 Å². The van der Waals surface area contributed by atoms with Crippen LogP contribution < -0.4 is 10.6 Å². The lowest BCUT2D eigenvalue weighted by atomic mass is 9.87. The van der Waals surface area contributed by atoms with Gasteiger partial charge in [-0.1, -0.05) is 50.2 Å². The van der Waals surface area contributed by atoms with Crippen LogP contribution in [-0.2, 0) is 4.79 Å². The third-order valence-corrected chi connectivity index (χ3v) is 7.00. The van der Waals surface area contributed by atoms with Gasteiger partial charge in [0.05, 0.1) is 0 Å². The highest BCUT2D eigenvalue weighted by atomic mass is 16.2. The summed E-state index contributed by atoms with van der Waals surface area (Å²) in [4.78, 5) is 41.2. The van der Waals surface area contributed by atoms with Crippen molar-refractivity contribution < 1.29 is 14.4 Å². The van der Waals surface area contributed by atoms with Crippen LogP contribution in [0.1, 0.15) is 65.5 Å². The molecule has 1 saturated heterocycles. The Balaban J connectivity index is 1.74. The summed E-state index contributed by atoms with van der Waals surface area (Å²) in [5.41, 5.74) is 3.12. The Bertz CT molecular complexity index is 1030. The number of carbonyl (C=O) groups is 3. The van der Waals surface area contributed by atoms with E-state index in [1.54, 1.807) is 6.07 Å². The molecule has 0 spiro atoms. The first-order chi connectivity index (χ1) is 16.2. The van der Waals surface area contributed by atoms with Crippen LogP contribution in [0.2, 0.25) is 0 Å². The van der Waals surface area contributed by atoms with E-state index in [0.29, 0.717) is 37.1 Å². The summed E-state index contributed by atoms with van der Waals surface area (Å²) in [5.74, 6) is -0.144. The zero-order valence-electron chi connectivity index (χ0n) is 20.9. The van der Waals surface area contributed by atoms with Gasteiger partial charge in [-0.15, -0.1) is 0 Å². The number of benzene rings is 2. The molecule has 2 atom stereocenters. The Morgan fingerprint density at radius 3 is 1.88 bits per heavy atom. The molecule has 1 heterocycles. The highest BCUT2D eigenvalue weighted by molar-refractivity contribution is 5.99. The van der Waals surface area contributed by atoms with Crippen molar-refractivity contribution in [3.05, 3.63) is 70.8 Å². The molecule has 0 unspecified atom stereocenters. The Kier molecular flexibility index (Phi) is 8.48. The fourth-order valence-corrected chi connectivity index (χ4v) is 4.34. The van der Waals surface area contributed by atoms with E-state index in [1.165, 1.54) is 0 Å². The van der Waals surface area contributed by atoms with Crippen LogP contribution >= 0.6 is 0 Å². The Hall–Kier alpha value is -3.15. The molecule has 0 saturated carbocycles. The Morgan fingerprint density at radius 2 is 1.35 bits per heavy atom. The number of hydrogen-bond donors (Lipinski definition) is 2. The smallest absolute Gasteiger partial charge is 0.254 e. The molecule has 3 rings (SSSR count). The Morgan fingerprint density at radius 1 is 0.824 bits per heavy atom. The maximum absolute atomic E-state index is 13.3. The van der Waals surface area contributed by atoms with E-state index in [-0.39, 0.29) is 35.6 Å². The Labute approximate surface area is 203 Å². The normalized spacial score (nSPS) is 16.1. The quantitative estimate of drug-likeness (QED) is 0.649. The van der Waals surface area contributed by atoms with Crippen LogP contribution in [0.5, 0.6) is 0 Å². The second-order valence-corrected chi connectivity index (χ2v) is 9.75. The van der Waals surface area contributed by atoms with Gasteiger partial charge in [-0.05, 0) is 68.7 Å². The van der Waals surface area contributed by atoms with Gasteiger partial charge < -0.3 is 15.5 Å². The molecule has 34 heavy (non-hydrogen) atoms. The van der Waals surface area contributed by atoms with Crippen molar-refractivity contribution >= 4 is 17.7 Å². The average molecular weight is 464 g/mol. The van der Waals surface area contributed by atoms with Gasteiger partial charge in [0, 0.05) is 30.3 Å². The van der Waals surface area contributed by atoms with Gasteiger partial charge in [-0.2, -0.15) is 0 Å². The molecule has 182 valence electrons. The minimum Gasteiger partial charge on any atom is -0.352 e. The minimum absolute atomic E-state index is 0.00640. The van der Waals surface area contributed by atoms with Crippen molar-refractivity contribution in [2.45, 2.75) is 59.5 Å². The van der Waals surface area contributed by atoms with E-state index in [0.717, 1.165) is 11.1 Å². The van der Waals surface area contributed by atoms with Gasteiger partial charge in [-0.3, -0.25) is 14.4 Å². The lowest BCUT2D eigenvalue weighted by molar-refractivity contribution is -0.125. The molecule has 6 heteroatoms. The summed E-state index contributed by atoms with van der Waals surface area (Å²) in [6, 6.07) is 14.3. The minimum atomic E-state index is -0.649. The predicted molar refractivity (Wildman–Crippen MR) is 135 cm³/mol. The van der Waals surface area contributed by atoms with E-state index in [2.05, 4.69) is 24.5 Å². The summed E-state index contributed by atoms with van der Waals surface area (Å²) in [7, 11) is 0. The molecule has 1 aliphatic heterocycles. The second kappa shape index (κ2) is 11.3. The second-order valence-electron chi connectivity index (χ2n) is 9.75. The number of amides is 3. The largest absolute Gasteiger partial charge is 0.352 e. The van der Waals surface area contributed by atoms with Gasteiger partial charge in [-0.25, -0.2) is 0 Å². The summed E-state index contributed by atoms with van der Waals surface area (Å²) in [6.07, 6.45) is 1.31. The molecule has 1 fully saturated rings. The number of nitrogens with one attached hydrogen (secondary N) is 2. The van der Waals surface area contributed by atoms with Crippen LogP contribution in [0.25, 0.3) is 0 Å². The topological polar surface area (TPSA) is 78.5 Å². The predicted octanol–water partition coefficient (Wildman–Crippen LogP) is 4.11. The average Bonchev–Trinajstić information content (AvgIpc) is 2.82. The van der Waals surface area contributed by atoms with E-state index in [1.807, 2.05) is 68.1 Å². The van der Waals surface area contributed by atoms with E-state index >= 15 is 0 Å². The lowest BCUT2D eigenvalue weighted by Crippen LogP contribution is -2.55. The van der Waals surface area contributed by atoms with Crippen LogP contribution in [-0.4, -0.2) is 47.8 Å². The number of aryl methyl sites for hydroxylation is 2. The molecule has 3 amide bonds. The van der Waals surface area contributed by atoms with Crippen molar-refractivity contribution in [2.24, 2.45) is 11.8 Å². The monoisotopic (exact) mass is 463 g/mol. The van der Waals surface area contributed by atoms with E-state index < -0.39 is 6.04 Å². The maximum atomic E-state index is 13.3. The number of carbonyl (C=O) groups excluding carboxylic acids is 3. The van der Waals surface area contributed by atoms with Gasteiger partial charge >= 0.3 is 0 Å². The number of piperidine rings is 1. The zero-order chi connectivity index (χ0) is 24.8. The molecule has 0 bridgehead atoms. The molecule has 2 aromatic rings. The molecule has 0 radical (unpaired) electrons. The SMILES string of the molecule is Cc1ccccc1C(=O)N[C@@H](C(=O)N[C@H](C)C(C)C)C1CCN(C(=O)c2ccccc2C)CC1. The molecule has 0 aromatic heterocycles. The van der Waals surface area contributed by atoms with Gasteiger partial charge in [0.25, 0.3) is 11.8 Å². The summed E-state index contributed by atoms with van der Waals surface area (Å²) in [6.45, 7) is 11.0. The maximum Gasteiger partial charge on any atom is 0.254 e. The van der Waals surface area contributed by atoms with Crippen LogP contribution in [0.3, 0.4) is 0 Å². The van der Waals surface area contributed by atoms with Gasteiger partial charge in [0.1, 0.15) is 6.04 Å². The third kappa shape index (κ3) is 6.04. The van der Waals surface area contributed by atoms with Crippen molar-refractivity contribution in [1.82, 2.24) is 15.5 Å². The molecule has 1 aliphatic rings. The van der Waals surface area contributed by atoms with Crippen molar-refractivity contribution in [1.29, 1.82) is 0 Å². The lowest BCUT2D eigenvalue weighted by Gasteiger charge is -2.36. The number of likely N-dealkylation sites (tertiary alicyclic amines) is 1. The van der Waals surface area contributed by atoms with Crippen molar-refractivity contribution in [2.75, 3.05) is 13.1 Å². The number of nitrogens with zero attached hydrogens (tertiary/aromatic N) is 1. The first-order valence-electron chi connectivity index (χ1n) is 12.2. The standard InChI is InChI=1S/C28H37N3O3/c1-18(2)21(5)29-27(33)25(30-26(32)23-12-8-6-10-19(23)3)22-14-16-31(17-15-22)28(34)24-13-9-7-11-20(24)4/h6-13,18,21-22,25H,14-17H2,1-5H3,(H,29,33)(H,30,32)/t21-,25-/m1/s1. The summed E-state index contributed by atoms with van der Waals surface area (Å²) in [5, 5.41) is 6.10. The molecular formula is C28H37N3O3.